The standard InChI is InChI=1S/C13H17NO5S/c1-8-3-4-11(7-12(8)13(15)16)20(17,18)14-9-5-10(6-9)19-2/h3-4,7,9-10,14H,5-6H2,1-2H3,(H,15,16). The van der Waals surface area contributed by atoms with E-state index in [4.69, 9.17) is 9.84 Å². The number of hydrogen-bond donors (Lipinski definition) is 2. The molecule has 1 aliphatic rings. The summed E-state index contributed by atoms with van der Waals surface area (Å²) in [4.78, 5) is 11.0. The third-order valence-electron chi connectivity index (χ3n) is 3.50. The lowest BCUT2D eigenvalue weighted by Gasteiger charge is -2.34. The second-order valence-corrected chi connectivity index (χ2v) is 6.64. The molecule has 1 fully saturated rings. The number of rotatable bonds is 5. The highest BCUT2D eigenvalue weighted by Crippen LogP contribution is 2.25. The predicted molar refractivity (Wildman–Crippen MR) is 72.3 cm³/mol. The van der Waals surface area contributed by atoms with Crippen molar-refractivity contribution in [3.05, 3.63) is 29.3 Å². The first kappa shape index (κ1) is 15.0. The third kappa shape index (κ3) is 3.00. The molecule has 0 amide bonds. The van der Waals surface area contributed by atoms with Gasteiger partial charge in [-0.15, -0.1) is 0 Å². The van der Waals surface area contributed by atoms with Crippen molar-refractivity contribution in [2.75, 3.05) is 7.11 Å². The lowest BCUT2D eigenvalue weighted by molar-refractivity contribution is 0.0236. The number of carboxylic acids is 1. The molecule has 0 unspecified atom stereocenters. The van der Waals surface area contributed by atoms with Gasteiger partial charge in [0.25, 0.3) is 0 Å². The number of aryl methyl sites for hydroxylation is 1. The van der Waals surface area contributed by atoms with Gasteiger partial charge in [-0.2, -0.15) is 0 Å². The summed E-state index contributed by atoms with van der Waals surface area (Å²) in [5.41, 5.74) is 0.524. The highest BCUT2D eigenvalue weighted by Gasteiger charge is 2.32. The smallest absolute Gasteiger partial charge is 0.335 e. The van der Waals surface area contributed by atoms with Gasteiger partial charge in [-0.1, -0.05) is 6.07 Å². The molecule has 0 atom stereocenters. The molecule has 0 spiro atoms. The number of carbonyl (C=O) groups is 1. The highest BCUT2D eigenvalue weighted by molar-refractivity contribution is 7.89. The molecule has 0 bridgehead atoms. The number of methoxy groups -OCH3 is 1. The van der Waals surface area contributed by atoms with Gasteiger partial charge in [-0.3, -0.25) is 0 Å². The predicted octanol–water partition coefficient (Wildman–Crippen LogP) is 1.15. The zero-order chi connectivity index (χ0) is 14.9. The van der Waals surface area contributed by atoms with Crippen molar-refractivity contribution in [1.29, 1.82) is 0 Å². The fraction of sp³-hybridized carbons (Fsp3) is 0.462. The van der Waals surface area contributed by atoms with Crippen LogP contribution in [-0.2, 0) is 14.8 Å². The first-order valence-corrected chi connectivity index (χ1v) is 7.71. The summed E-state index contributed by atoms with van der Waals surface area (Å²) >= 11 is 0. The maximum Gasteiger partial charge on any atom is 0.335 e. The molecule has 7 heteroatoms. The van der Waals surface area contributed by atoms with Crippen LogP contribution in [0.15, 0.2) is 23.1 Å². The molecule has 1 saturated carbocycles. The van der Waals surface area contributed by atoms with Crippen molar-refractivity contribution in [2.24, 2.45) is 0 Å². The second kappa shape index (κ2) is 5.51. The second-order valence-electron chi connectivity index (χ2n) is 4.93. The lowest BCUT2D eigenvalue weighted by atomic mass is 9.90. The molecular formula is C13H17NO5S. The Labute approximate surface area is 117 Å². The van der Waals surface area contributed by atoms with Crippen LogP contribution in [0, 0.1) is 6.92 Å². The van der Waals surface area contributed by atoms with E-state index in [1.807, 2.05) is 0 Å². The van der Waals surface area contributed by atoms with Gasteiger partial charge in [0.1, 0.15) is 0 Å². The van der Waals surface area contributed by atoms with E-state index in [1.165, 1.54) is 18.2 Å². The van der Waals surface area contributed by atoms with Crippen LogP contribution in [0.5, 0.6) is 0 Å². The number of benzene rings is 1. The minimum absolute atomic E-state index is 0.00347. The quantitative estimate of drug-likeness (QED) is 0.850. The zero-order valence-electron chi connectivity index (χ0n) is 11.3. The van der Waals surface area contributed by atoms with E-state index in [0.29, 0.717) is 18.4 Å². The van der Waals surface area contributed by atoms with E-state index < -0.39 is 16.0 Å². The van der Waals surface area contributed by atoms with Gasteiger partial charge in [0, 0.05) is 13.2 Å². The molecular weight excluding hydrogens is 282 g/mol. The Balaban J connectivity index is 2.18. The molecule has 20 heavy (non-hydrogen) atoms. The average Bonchev–Trinajstić information content (AvgIpc) is 2.33. The van der Waals surface area contributed by atoms with Gasteiger partial charge in [0.15, 0.2) is 0 Å². The molecule has 0 heterocycles. The first-order chi connectivity index (χ1) is 9.33. The van der Waals surface area contributed by atoms with E-state index in [2.05, 4.69) is 4.72 Å². The van der Waals surface area contributed by atoms with Crippen LogP contribution in [0.2, 0.25) is 0 Å². The minimum Gasteiger partial charge on any atom is -0.478 e. The Morgan fingerprint density at radius 2 is 2.05 bits per heavy atom. The van der Waals surface area contributed by atoms with Gasteiger partial charge >= 0.3 is 5.97 Å². The van der Waals surface area contributed by atoms with E-state index in [9.17, 15) is 13.2 Å². The Morgan fingerprint density at radius 3 is 2.60 bits per heavy atom. The van der Waals surface area contributed by atoms with Gasteiger partial charge in [0.05, 0.1) is 16.6 Å². The largest absolute Gasteiger partial charge is 0.478 e. The van der Waals surface area contributed by atoms with Crippen molar-refractivity contribution >= 4 is 16.0 Å². The molecule has 0 aliphatic heterocycles. The number of ether oxygens (including phenoxy) is 1. The number of sulfonamides is 1. The zero-order valence-corrected chi connectivity index (χ0v) is 12.1. The molecule has 0 aromatic heterocycles. The summed E-state index contributed by atoms with van der Waals surface area (Å²) in [6.45, 7) is 1.63. The van der Waals surface area contributed by atoms with Crippen LogP contribution in [0.1, 0.15) is 28.8 Å². The summed E-state index contributed by atoms with van der Waals surface area (Å²) in [5, 5.41) is 9.03. The minimum atomic E-state index is -3.69. The van der Waals surface area contributed by atoms with Crippen LogP contribution in [0.25, 0.3) is 0 Å². The molecule has 110 valence electrons. The number of carboxylic acid groups (broad SMARTS) is 1. The molecule has 1 aliphatic carbocycles. The summed E-state index contributed by atoms with van der Waals surface area (Å²) < 4.78 is 32.0. The summed E-state index contributed by atoms with van der Waals surface area (Å²) in [5.74, 6) is -1.14. The van der Waals surface area contributed by atoms with Crippen molar-refractivity contribution < 1.29 is 23.1 Å². The number of aromatic carboxylic acids is 1. The lowest BCUT2D eigenvalue weighted by Crippen LogP contribution is -2.47. The van der Waals surface area contributed by atoms with Crippen molar-refractivity contribution in [1.82, 2.24) is 4.72 Å². The third-order valence-corrected chi connectivity index (χ3v) is 5.02. The summed E-state index contributed by atoms with van der Waals surface area (Å²) in [6, 6.07) is 3.94. The Bertz CT molecular complexity index is 620. The average molecular weight is 299 g/mol. The normalized spacial score (nSPS) is 22.3. The van der Waals surface area contributed by atoms with Gasteiger partial charge < -0.3 is 9.84 Å². The molecule has 0 saturated heterocycles. The van der Waals surface area contributed by atoms with Crippen molar-refractivity contribution in [2.45, 2.75) is 36.8 Å². The number of hydrogen-bond acceptors (Lipinski definition) is 4. The molecule has 1 aromatic carbocycles. The SMILES string of the molecule is COC1CC(NS(=O)(=O)c2ccc(C)c(C(=O)O)c2)C1. The van der Waals surface area contributed by atoms with E-state index in [0.717, 1.165) is 0 Å². The fourth-order valence-corrected chi connectivity index (χ4v) is 3.43. The molecule has 0 radical (unpaired) electrons. The van der Waals surface area contributed by atoms with Crippen LogP contribution in [0.4, 0.5) is 0 Å². The van der Waals surface area contributed by atoms with E-state index in [-0.39, 0.29) is 22.6 Å². The van der Waals surface area contributed by atoms with Gasteiger partial charge in [-0.25, -0.2) is 17.9 Å². The topological polar surface area (TPSA) is 92.7 Å². The Hall–Kier alpha value is -1.44. The van der Waals surface area contributed by atoms with Crippen LogP contribution in [-0.4, -0.2) is 38.7 Å². The highest BCUT2D eigenvalue weighted by atomic mass is 32.2. The molecule has 1 aromatic rings. The maximum atomic E-state index is 12.2. The summed E-state index contributed by atoms with van der Waals surface area (Å²) in [7, 11) is -2.10. The van der Waals surface area contributed by atoms with E-state index >= 15 is 0 Å². The molecule has 2 rings (SSSR count). The summed E-state index contributed by atoms with van der Waals surface area (Å²) in [6.07, 6.45) is 1.36. The monoisotopic (exact) mass is 299 g/mol. The first-order valence-electron chi connectivity index (χ1n) is 6.22. The van der Waals surface area contributed by atoms with Gasteiger partial charge in [-0.05, 0) is 37.5 Å². The van der Waals surface area contributed by atoms with Crippen molar-refractivity contribution in [3.8, 4) is 0 Å². The Kier molecular flexibility index (Phi) is 4.12. The van der Waals surface area contributed by atoms with Crippen LogP contribution < -0.4 is 4.72 Å². The number of nitrogens with one attached hydrogen (secondary N) is 1. The maximum absolute atomic E-state index is 12.2. The fourth-order valence-electron chi connectivity index (χ4n) is 2.14. The molecule has 2 N–H and O–H groups in total. The van der Waals surface area contributed by atoms with E-state index in [1.54, 1.807) is 14.0 Å². The van der Waals surface area contributed by atoms with Crippen LogP contribution in [0.3, 0.4) is 0 Å². The van der Waals surface area contributed by atoms with Crippen LogP contribution >= 0.6 is 0 Å². The molecule has 6 nitrogen and oxygen atoms in total. The Morgan fingerprint density at radius 1 is 1.40 bits per heavy atom. The van der Waals surface area contributed by atoms with Gasteiger partial charge in [0.2, 0.25) is 10.0 Å². The van der Waals surface area contributed by atoms with Crippen molar-refractivity contribution in [3.63, 3.8) is 0 Å².